The Hall–Kier alpha value is -0.900. The third kappa shape index (κ3) is 4.03. The highest BCUT2D eigenvalue weighted by Crippen LogP contribution is 2.24. The van der Waals surface area contributed by atoms with Gasteiger partial charge < -0.3 is 4.84 Å². The monoisotopic (exact) mass is 327 g/mol. The van der Waals surface area contributed by atoms with E-state index in [9.17, 15) is 4.39 Å². The number of halogens is 2. The number of benzene rings is 1. The maximum Gasteiger partial charge on any atom is 0.146 e. The molecule has 0 aromatic heterocycles. The first kappa shape index (κ1) is 14.5. The van der Waals surface area contributed by atoms with Crippen molar-refractivity contribution in [3.63, 3.8) is 0 Å². The molecule has 1 aliphatic carbocycles. The lowest BCUT2D eigenvalue weighted by molar-refractivity contribution is 0.0916. The van der Waals surface area contributed by atoms with E-state index in [2.05, 4.69) is 21.1 Å². The van der Waals surface area contributed by atoms with Crippen LogP contribution < -0.4 is 0 Å². The Labute approximate surface area is 122 Å². The summed E-state index contributed by atoms with van der Waals surface area (Å²) in [6.07, 6.45) is 6.36. The Morgan fingerprint density at radius 3 is 2.84 bits per heavy atom. The molecule has 104 valence electrons. The van der Waals surface area contributed by atoms with Gasteiger partial charge in [-0.3, -0.25) is 0 Å². The molecular weight excluding hydrogens is 309 g/mol. The molecule has 2 nitrogen and oxygen atoms in total. The fourth-order valence-corrected chi connectivity index (χ4v) is 2.79. The van der Waals surface area contributed by atoms with E-state index in [0.717, 1.165) is 0 Å². The average Bonchev–Trinajstić information content (AvgIpc) is 2.43. The minimum Gasteiger partial charge on any atom is -0.395 e. The highest BCUT2D eigenvalue weighted by atomic mass is 79.9. The second-order valence-electron chi connectivity index (χ2n) is 5.08. The summed E-state index contributed by atoms with van der Waals surface area (Å²) in [5.41, 5.74) is 1.06. The molecule has 0 aliphatic heterocycles. The Balaban J connectivity index is 1.93. The molecule has 0 spiro atoms. The second-order valence-corrected chi connectivity index (χ2v) is 5.93. The fourth-order valence-electron chi connectivity index (χ4n) is 2.43. The minimum atomic E-state index is -0.287. The van der Waals surface area contributed by atoms with Crippen LogP contribution in [0.2, 0.25) is 0 Å². The van der Waals surface area contributed by atoms with Gasteiger partial charge in [-0.1, -0.05) is 36.6 Å². The second kappa shape index (κ2) is 7.04. The highest BCUT2D eigenvalue weighted by Gasteiger charge is 2.14. The molecule has 1 aliphatic rings. The van der Waals surface area contributed by atoms with Gasteiger partial charge in [-0.25, -0.2) is 4.39 Å². The fraction of sp³-hybridized carbons (Fsp3) is 0.533. The quantitative estimate of drug-likeness (QED) is 0.568. The summed E-state index contributed by atoms with van der Waals surface area (Å²) >= 11 is 3.17. The van der Waals surface area contributed by atoms with Crippen molar-refractivity contribution >= 4 is 21.6 Å². The normalized spacial score (nSPS) is 17.5. The molecule has 19 heavy (non-hydrogen) atoms. The molecule has 1 aromatic rings. The SMILES string of the molecule is CC(=NOCC1CCCCC1)c1cccc(Br)c1F. The first-order valence-corrected chi connectivity index (χ1v) is 7.58. The van der Waals surface area contributed by atoms with Crippen molar-refractivity contribution in [2.75, 3.05) is 6.61 Å². The van der Waals surface area contributed by atoms with E-state index in [0.29, 0.717) is 28.3 Å². The van der Waals surface area contributed by atoms with Crippen LogP contribution in [-0.4, -0.2) is 12.3 Å². The molecule has 0 atom stereocenters. The lowest BCUT2D eigenvalue weighted by Crippen LogP contribution is -2.12. The van der Waals surface area contributed by atoms with E-state index in [1.807, 2.05) is 0 Å². The molecule has 1 aromatic carbocycles. The largest absolute Gasteiger partial charge is 0.395 e. The molecule has 2 rings (SSSR count). The Bertz CT molecular complexity index is 455. The van der Waals surface area contributed by atoms with Crippen LogP contribution in [0.1, 0.15) is 44.6 Å². The maximum atomic E-state index is 13.9. The number of hydrogen-bond donors (Lipinski definition) is 0. The smallest absolute Gasteiger partial charge is 0.146 e. The maximum absolute atomic E-state index is 13.9. The van der Waals surface area contributed by atoms with E-state index in [1.54, 1.807) is 25.1 Å². The summed E-state index contributed by atoms with van der Waals surface area (Å²) in [7, 11) is 0. The van der Waals surface area contributed by atoms with Gasteiger partial charge in [-0.05, 0) is 47.7 Å². The predicted molar refractivity (Wildman–Crippen MR) is 78.8 cm³/mol. The molecule has 1 fully saturated rings. The zero-order chi connectivity index (χ0) is 13.7. The van der Waals surface area contributed by atoms with Crippen LogP contribution >= 0.6 is 15.9 Å². The first-order chi connectivity index (χ1) is 9.18. The molecule has 0 heterocycles. The molecule has 1 saturated carbocycles. The van der Waals surface area contributed by atoms with E-state index in [-0.39, 0.29) is 5.82 Å². The van der Waals surface area contributed by atoms with Gasteiger partial charge in [0.15, 0.2) is 0 Å². The van der Waals surface area contributed by atoms with Crippen molar-refractivity contribution in [1.82, 2.24) is 0 Å². The van der Waals surface area contributed by atoms with Crippen LogP contribution in [-0.2, 0) is 4.84 Å². The summed E-state index contributed by atoms with van der Waals surface area (Å²) in [6, 6.07) is 5.18. The molecule has 0 unspecified atom stereocenters. The van der Waals surface area contributed by atoms with Crippen LogP contribution in [0.4, 0.5) is 4.39 Å². The van der Waals surface area contributed by atoms with Crippen molar-refractivity contribution in [3.8, 4) is 0 Å². The van der Waals surface area contributed by atoms with Crippen LogP contribution in [0.5, 0.6) is 0 Å². The third-order valence-corrected chi connectivity index (χ3v) is 4.19. The standard InChI is InChI=1S/C15H19BrFNO/c1-11(13-8-5-9-14(16)15(13)17)18-19-10-12-6-3-2-4-7-12/h5,8-9,12H,2-4,6-7,10H2,1H3. The molecule has 4 heteroatoms. The van der Waals surface area contributed by atoms with Crippen molar-refractivity contribution in [1.29, 1.82) is 0 Å². The predicted octanol–water partition coefficient (Wildman–Crippen LogP) is 4.91. The van der Waals surface area contributed by atoms with Crippen LogP contribution in [0.15, 0.2) is 27.8 Å². The lowest BCUT2D eigenvalue weighted by Gasteiger charge is -2.19. The lowest BCUT2D eigenvalue weighted by atomic mass is 9.90. The Morgan fingerprint density at radius 1 is 1.37 bits per heavy atom. The van der Waals surface area contributed by atoms with Gasteiger partial charge in [0.2, 0.25) is 0 Å². The van der Waals surface area contributed by atoms with Crippen molar-refractivity contribution in [2.24, 2.45) is 11.1 Å². The van der Waals surface area contributed by atoms with Gasteiger partial charge in [-0.2, -0.15) is 0 Å². The van der Waals surface area contributed by atoms with E-state index >= 15 is 0 Å². The van der Waals surface area contributed by atoms with Crippen molar-refractivity contribution < 1.29 is 9.23 Å². The molecule has 0 bridgehead atoms. The summed E-state index contributed by atoms with van der Waals surface area (Å²) in [5, 5.41) is 4.05. The van der Waals surface area contributed by atoms with Crippen LogP contribution in [0, 0.1) is 11.7 Å². The molecule has 0 radical (unpaired) electrons. The number of oxime groups is 1. The van der Waals surface area contributed by atoms with Crippen molar-refractivity contribution in [2.45, 2.75) is 39.0 Å². The van der Waals surface area contributed by atoms with Crippen LogP contribution in [0.3, 0.4) is 0 Å². The number of hydrogen-bond acceptors (Lipinski definition) is 2. The van der Waals surface area contributed by atoms with Gasteiger partial charge in [0, 0.05) is 5.56 Å². The Morgan fingerprint density at radius 2 is 2.11 bits per heavy atom. The third-order valence-electron chi connectivity index (χ3n) is 3.58. The highest BCUT2D eigenvalue weighted by molar-refractivity contribution is 9.10. The molecular formula is C15H19BrFNO. The van der Waals surface area contributed by atoms with E-state index in [4.69, 9.17) is 4.84 Å². The molecule has 0 saturated heterocycles. The summed E-state index contributed by atoms with van der Waals surface area (Å²) < 4.78 is 14.3. The van der Waals surface area contributed by atoms with Gasteiger partial charge in [0.05, 0.1) is 10.2 Å². The van der Waals surface area contributed by atoms with Crippen molar-refractivity contribution in [3.05, 3.63) is 34.1 Å². The average molecular weight is 328 g/mol. The number of rotatable bonds is 4. The summed E-state index contributed by atoms with van der Waals surface area (Å²) in [5.74, 6) is 0.322. The van der Waals surface area contributed by atoms with Gasteiger partial charge >= 0.3 is 0 Å². The zero-order valence-electron chi connectivity index (χ0n) is 11.2. The minimum absolute atomic E-state index is 0.287. The number of nitrogens with zero attached hydrogens (tertiary/aromatic N) is 1. The first-order valence-electron chi connectivity index (χ1n) is 6.79. The van der Waals surface area contributed by atoms with Gasteiger partial charge in [0.25, 0.3) is 0 Å². The molecule has 0 amide bonds. The van der Waals surface area contributed by atoms with E-state index < -0.39 is 0 Å². The zero-order valence-corrected chi connectivity index (χ0v) is 12.7. The van der Waals surface area contributed by atoms with Crippen LogP contribution in [0.25, 0.3) is 0 Å². The van der Waals surface area contributed by atoms with E-state index in [1.165, 1.54) is 32.1 Å². The van der Waals surface area contributed by atoms with Gasteiger partial charge in [0.1, 0.15) is 12.4 Å². The van der Waals surface area contributed by atoms with Gasteiger partial charge in [-0.15, -0.1) is 0 Å². The topological polar surface area (TPSA) is 21.6 Å². The summed E-state index contributed by atoms with van der Waals surface area (Å²) in [4.78, 5) is 5.39. The Kier molecular flexibility index (Phi) is 5.37. The molecule has 0 N–H and O–H groups in total. The summed E-state index contributed by atoms with van der Waals surface area (Å²) in [6.45, 7) is 2.42.